The number of rotatable bonds is 4. The molecule has 0 radical (unpaired) electrons. The average Bonchev–Trinajstić information content (AvgIpc) is 3.31. The topological polar surface area (TPSA) is 89.9 Å². The van der Waals surface area contributed by atoms with Crippen molar-refractivity contribution in [1.82, 2.24) is 24.9 Å². The van der Waals surface area contributed by atoms with Crippen LogP contribution in [-0.2, 0) is 12.0 Å². The quantitative estimate of drug-likeness (QED) is 0.502. The maximum atomic E-state index is 12.7. The van der Waals surface area contributed by atoms with Crippen molar-refractivity contribution in [3.05, 3.63) is 75.9 Å². The van der Waals surface area contributed by atoms with Gasteiger partial charge >= 0.3 is 0 Å². The number of piperidine rings is 1. The summed E-state index contributed by atoms with van der Waals surface area (Å²) in [6.45, 7) is 1.13. The highest BCUT2D eigenvalue weighted by atomic mass is 35.5. The Labute approximate surface area is 175 Å². The number of benzene rings is 1. The lowest BCUT2D eigenvalue weighted by Crippen LogP contribution is -2.24. The predicted molar refractivity (Wildman–Crippen MR) is 108 cm³/mol. The molecule has 2 aliphatic heterocycles. The summed E-state index contributed by atoms with van der Waals surface area (Å²) in [4.78, 5) is 23.9. The fourth-order valence-electron chi connectivity index (χ4n) is 5.41. The SMILES string of the molecule is O=c1c2cccnc2cnn1Cc1nc([C@]23C4[C@@H]2[C@@H]3CN4c2cccc(Cl)c2)no1. The zero-order valence-electron chi connectivity index (χ0n) is 15.6. The molecular weight excluding hydrogens is 404 g/mol. The lowest BCUT2D eigenvalue weighted by Gasteiger charge is -2.18. The second-order valence-corrected chi connectivity index (χ2v) is 8.63. The van der Waals surface area contributed by atoms with Gasteiger partial charge in [-0.1, -0.05) is 22.8 Å². The Balaban J connectivity index is 1.16. The molecule has 8 rings (SSSR count). The van der Waals surface area contributed by atoms with Crippen molar-refractivity contribution in [3.8, 4) is 0 Å². The fourth-order valence-corrected chi connectivity index (χ4v) is 5.60. The summed E-state index contributed by atoms with van der Waals surface area (Å²) in [5.41, 5.74) is 1.49. The number of aromatic nitrogens is 5. The lowest BCUT2D eigenvalue weighted by atomic mass is 10.1. The number of halogens is 1. The van der Waals surface area contributed by atoms with Gasteiger partial charge in [-0.05, 0) is 36.2 Å². The van der Waals surface area contributed by atoms with E-state index < -0.39 is 0 Å². The second kappa shape index (κ2) is 5.46. The Morgan fingerprint density at radius 1 is 1.27 bits per heavy atom. The van der Waals surface area contributed by atoms with Gasteiger partial charge in [-0.15, -0.1) is 0 Å². The van der Waals surface area contributed by atoms with Crippen molar-refractivity contribution in [2.24, 2.45) is 11.8 Å². The predicted octanol–water partition coefficient (Wildman–Crippen LogP) is 2.26. The number of nitrogens with zero attached hydrogens (tertiary/aromatic N) is 6. The maximum Gasteiger partial charge on any atom is 0.276 e. The van der Waals surface area contributed by atoms with Crippen LogP contribution in [0, 0.1) is 11.8 Å². The third kappa shape index (κ3) is 1.99. The molecule has 5 heterocycles. The Bertz CT molecular complexity index is 1390. The van der Waals surface area contributed by atoms with Crippen LogP contribution in [0.5, 0.6) is 0 Å². The van der Waals surface area contributed by atoms with Gasteiger partial charge in [0.05, 0.1) is 22.5 Å². The van der Waals surface area contributed by atoms with E-state index in [2.05, 4.69) is 31.2 Å². The van der Waals surface area contributed by atoms with E-state index in [4.69, 9.17) is 16.1 Å². The first-order valence-electron chi connectivity index (χ1n) is 9.84. The summed E-state index contributed by atoms with van der Waals surface area (Å²) >= 11 is 6.17. The zero-order chi connectivity index (χ0) is 20.0. The molecule has 4 aromatic rings. The molecule has 30 heavy (non-hydrogen) atoms. The van der Waals surface area contributed by atoms with E-state index in [1.807, 2.05) is 18.2 Å². The monoisotopic (exact) mass is 418 g/mol. The first-order valence-corrected chi connectivity index (χ1v) is 10.2. The van der Waals surface area contributed by atoms with Crippen LogP contribution in [0.25, 0.3) is 10.9 Å². The van der Waals surface area contributed by atoms with Crippen LogP contribution in [0.1, 0.15) is 11.7 Å². The molecular formula is C21H15ClN6O2. The van der Waals surface area contributed by atoms with Gasteiger partial charge in [0, 0.05) is 35.4 Å². The molecule has 3 aromatic heterocycles. The van der Waals surface area contributed by atoms with Crippen molar-refractivity contribution < 1.29 is 4.52 Å². The minimum atomic E-state index is -0.221. The minimum Gasteiger partial charge on any atom is -0.367 e. The average molecular weight is 419 g/mol. The summed E-state index contributed by atoms with van der Waals surface area (Å²) in [6, 6.07) is 11.8. The van der Waals surface area contributed by atoms with E-state index in [9.17, 15) is 4.79 Å². The summed E-state index contributed by atoms with van der Waals surface area (Å²) in [5, 5.41) is 9.73. The van der Waals surface area contributed by atoms with Gasteiger partial charge < -0.3 is 9.42 Å². The lowest BCUT2D eigenvalue weighted by molar-refractivity contribution is 0.356. The van der Waals surface area contributed by atoms with Crippen LogP contribution in [0.2, 0.25) is 5.02 Å². The van der Waals surface area contributed by atoms with Gasteiger partial charge in [-0.2, -0.15) is 10.1 Å². The number of pyridine rings is 1. The van der Waals surface area contributed by atoms with Gasteiger partial charge in [0.2, 0.25) is 5.89 Å². The highest BCUT2D eigenvalue weighted by Gasteiger charge is 2.95. The smallest absolute Gasteiger partial charge is 0.276 e. The van der Waals surface area contributed by atoms with Crippen molar-refractivity contribution >= 4 is 28.2 Å². The van der Waals surface area contributed by atoms with Crippen LogP contribution in [0.15, 0.2) is 58.1 Å². The Hall–Kier alpha value is -3.26. The van der Waals surface area contributed by atoms with Gasteiger partial charge in [0.25, 0.3) is 5.56 Å². The van der Waals surface area contributed by atoms with Gasteiger partial charge in [0.15, 0.2) is 5.82 Å². The zero-order valence-corrected chi connectivity index (χ0v) is 16.4. The fraction of sp³-hybridized carbons (Fsp3) is 0.286. The van der Waals surface area contributed by atoms with Crippen molar-refractivity contribution in [3.63, 3.8) is 0 Å². The molecule has 8 nitrogen and oxygen atoms in total. The highest BCUT2D eigenvalue weighted by molar-refractivity contribution is 6.30. The summed E-state index contributed by atoms with van der Waals surface area (Å²) in [6.07, 6.45) is 3.22. The molecule has 0 amide bonds. The molecule has 1 unspecified atom stereocenters. The van der Waals surface area contributed by atoms with Gasteiger partial charge in [-0.3, -0.25) is 9.78 Å². The maximum absolute atomic E-state index is 12.7. The Kier molecular flexibility index (Phi) is 3.01. The summed E-state index contributed by atoms with van der Waals surface area (Å²) < 4.78 is 6.83. The highest BCUT2D eigenvalue weighted by Crippen LogP contribution is 2.85. The molecule has 148 valence electrons. The first-order chi connectivity index (χ1) is 14.7. The molecule has 4 atom stereocenters. The molecule has 1 aromatic carbocycles. The van der Waals surface area contributed by atoms with Crippen LogP contribution >= 0.6 is 11.6 Å². The number of hydrogen-bond donors (Lipinski definition) is 0. The van der Waals surface area contributed by atoms with E-state index in [0.717, 1.165) is 23.1 Å². The number of anilines is 1. The van der Waals surface area contributed by atoms with Crippen LogP contribution in [0.4, 0.5) is 5.69 Å². The normalized spacial score (nSPS) is 28.0. The van der Waals surface area contributed by atoms with E-state index in [1.54, 1.807) is 24.5 Å². The molecule has 2 bridgehead atoms. The molecule has 0 N–H and O–H groups in total. The van der Waals surface area contributed by atoms with Crippen molar-refractivity contribution in [1.29, 1.82) is 0 Å². The standard InChI is InChI=1S/C21H15ClN6O2/c22-11-3-1-4-12(7-11)27-9-14-17-18(27)21(14,17)20-25-16(30-26-20)10-28-19(29)13-5-2-6-23-15(13)8-24-28/h1-8,14,17-18H,9-10H2/t14-,17-,18?,21-/m0/s1. The van der Waals surface area contributed by atoms with Crippen molar-refractivity contribution in [2.75, 3.05) is 11.4 Å². The van der Waals surface area contributed by atoms with Crippen LogP contribution in [0.3, 0.4) is 0 Å². The third-order valence-corrected chi connectivity index (χ3v) is 7.08. The third-order valence-electron chi connectivity index (χ3n) is 6.84. The van der Waals surface area contributed by atoms with Gasteiger partial charge in [0.1, 0.15) is 6.54 Å². The van der Waals surface area contributed by atoms with Gasteiger partial charge in [-0.25, -0.2) is 4.68 Å². The largest absolute Gasteiger partial charge is 0.367 e. The Morgan fingerprint density at radius 2 is 2.20 bits per heavy atom. The van der Waals surface area contributed by atoms with E-state index in [0.29, 0.717) is 34.7 Å². The van der Waals surface area contributed by atoms with Crippen LogP contribution in [-0.4, -0.2) is 37.5 Å². The van der Waals surface area contributed by atoms with Crippen molar-refractivity contribution in [2.45, 2.75) is 18.0 Å². The molecule has 4 aliphatic rings. The van der Waals surface area contributed by atoms with Crippen LogP contribution < -0.4 is 10.5 Å². The second-order valence-electron chi connectivity index (χ2n) is 8.20. The summed E-state index contributed by atoms with van der Waals surface area (Å²) in [5.74, 6) is 2.27. The summed E-state index contributed by atoms with van der Waals surface area (Å²) in [7, 11) is 0. The van der Waals surface area contributed by atoms with E-state index in [1.165, 1.54) is 4.68 Å². The molecule has 9 heteroatoms. The molecule has 2 saturated heterocycles. The molecule has 2 aliphatic carbocycles. The Morgan fingerprint density at radius 3 is 3.07 bits per heavy atom. The molecule has 0 spiro atoms. The molecule has 2 saturated carbocycles. The number of fused-ring (bicyclic) bond motifs is 2. The van der Waals surface area contributed by atoms with E-state index >= 15 is 0 Å². The number of hydrogen-bond acceptors (Lipinski definition) is 7. The minimum absolute atomic E-state index is 0.00420. The molecule has 4 fully saturated rings. The van der Waals surface area contributed by atoms with E-state index in [-0.39, 0.29) is 17.5 Å². The first kappa shape index (κ1) is 16.5.